The van der Waals surface area contributed by atoms with Crippen LogP contribution < -0.4 is 5.32 Å². The van der Waals surface area contributed by atoms with Crippen molar-refractivity contribution in [2.45, 2.75) is 20.0 Å². The molecule has 1 N–H and O–H groups in total. The molecule has 0 atom stereocenters. The Morgan fingerprint density at radius 1 is 1.39 bits per heavy atom. The molecule has 0 spiro atoms. The minimum atomic E-state index is -0.151. The fourth-order valence-electron chi connectivity index (χ4n) is 2.17. The van der Waals surface area contributed by atoms with Gasteiger partial charge in [0, 0.05) is 13.3 Å². The van der Waals surface area contributed by atoms with Crippen LogP contribution in [0.3, 0.4) is 0 Å². The molecule has 1 amide bonds. The standard InChI is InChI=1S/C15H15BrN4O2S/c1-10(21)17-13-12(18-15-20(13)19-14(16)23-15)7-8-22-9-11-5-3-2-4-6-11/h2-6H,7-9H2,1H3,(H,17,21). The van der Waals surface area contributed by atoms with E-state index in [9.17, 15) is 4.79 Å². The number of hydrogen-bond donors (Lipinski definition) is 1. The zero-order valence-electron chi connectivity index (χ0n) is 12.5. The molecule has 3 aromatic rings. The molecule has 0 radical (unpaired) electrons. The average molecular weight is 395 g/mol. The van der Waals surface area contributed by atoms with Crippen molar-refractivity contribution in [1.82, 2.24) is 14.6 Å². The van der Waals surface area contributed by atoms with Gasteiger partial charge in [-0.05, 0) is 21.5 Å². The third-order valence-electron chi connectivity index (χ3n) is 3.14. The van der Waals surface area contributed by atoms with E-state index in [2.05, 4.69) is 31.3 Å². The topological polar surface area (TPSA) is 68.5 Å². The van der Waals surface area contributed by atoms with Crippen LogP contribution in [0.2, 0.25) is 0 Å². The Morgan fingerprint density at radius 2 is 2.17 bits per heavy atom. The Morgan fingerprint density at radius 3 is 2.91 bits per heavy atom. The number of imidazole rings is 1. The van der Waals surface area contributed by atoms with Crippen molar-refractivity contribution in [2.75, 3.05) is 11.9 Å². The van der Waals surface area contributed by atoms with Crippen LogP contribution in [0.25, 0.3) is 4.96 Å². The summed E-state index contributed by atoms with van der Waals surface area (Å²) >= 11 is 4.74. The second-order valence-corrected chi connectivity index (χ2v) is 7.16. The molecule has 0 aliphatic rings. The van der Waals surface area contributed by atoms with Crippen molar-refractivity contribution in [3.05, 3.63) is 45.5 Å². The van der Waals surface area contributed by atoms with E-state index in [0.717, 1.165) is 20.1 Å². The number of halogens is 1. The number of hydrogen-bond acceptors (Lipinski definition) is 5. The van der Waals surface area contributed by atoms with Crippen molar-refractivity contribution in [1.29, 1.82) is 0 Å². The van der Waals surface area contributed by atoms with Gasteiger partial charge in [0.2, 0.25) is 10.9 Å². The molecule has 23 heavy (non-hydrogen) atoms. The van der Waals surface area contributed by atoms with Gasteiger partial charge in [-0.15, -0.1) is 5.10 Å². The first-order chi connectivity index (χ1) is 11.1. The lowest BCUT2D eigenvalue weighted by molar-refractivity contribution is -0.114. The predicted octanol–water partition coefficient (Wildman–Crippen LogP) is 3.27. The van der Waals surface area contributed by atoms with E-state index < -0.39 is 0 Å². The van der Waals surface area contributed by atoms with Gasteiger partial charge in [0.15, 0.2) is 9.73 Å². The van der Waals surface area contributed by atoms with Gasteiger partial charge in [0.1, 0.15) is 0 Å². The maximum absolute atomic E-state index is 11.4. The summed E-state index contributed by atoms with van der Waals surface area (Å²) in [6.07, 6.45) is 0.607. The smallest absolute Gasteiger partial charge is 0.222 e. The fourth-order valence-corrected chi connectivity index (χ4v) is 3.41. The van der Waals surface area contributed by atoms with E-state index in [4.69, 9.17) is 4.74 Å². The number of aromatic nitrogens is 3. The quantitative estimate of drug-likeness (QED) is 0.651. The molecule has 0 saturated carbocycles. The van der Waals surface area contributed by atoms with Gasteiger partial charge in [-0.1, -0.05) is 41.7 Å². The second-order valence-electron chi connectivity index (χ2n) is 4.93. The summed E-state index contributed by atoms with van der Waals surface area (Å²) < 4.78 is 8.05. The lowest BCUT2D eigenvalue weighted by atomic mass is 10.2. The van der Waals surface area contributed by atoms with Gasteiger partial charge >= 0.3 is 0 Å². The molecule has 3 rings (SSSR count). The Balaban J connectivity index is 1.67. The lowest BCUT2D eigenvalue weighted by Crippen LogP contribution is -2.11. The summed E-state index contributed by atoms with van der Waals surface area (Å²) in [5, 5.41) is 7.09. The molecule has 0 saturated heterocycles. The summed E-state index contributed by atoms with van der Waals surface area (Å²) in [5.74, 6) is 0.458. The van der Waals surface area contributed by atoms with Crippen LogP contribution >= 0.6 is 27.3 Å². The molecule has 1 aromatic carbocycles. The van der Waals surface area contributed by atoms with E-state index in [1.165, 1.54) is 18.3 Å². The van der Waals surface area contributed by atoms with E-state index >= 15 is 0 Å². The number of nitrogens with zero attached hydrogens (tertiary/aromatic N) is 3. The highest BCUT2D eigenvalue weighted by Gasteiger charge is 2.16. The lowest BCUT2D eigenvalue weighted by Gasteiger charge is -2.05. The number of rotatable bonds is 6. The summed E-state index contributed by atoms with van der Waals surface area (Å²) in [7, 11) is 0. The molecule has 2 heterocycles. The molecule has 0 fully saturated rings. The van der Waals surface area contributed by atoms with Gasteiger partial charge in [-0.3, -0.25) is 4.79 Å². The first-order valence-corrected chi connectivity index (χ1v) is 8.67. The van der Waals surface area contributed by atoms with Crippen LogP contribution in [0.5, 0.6) is 0 Å². The molecule has 0 bridgehead atoms. The number of nitrogens with one attached hydrogen (secondary N) is 1. The number of benzene rings is 1. The minimum Gasteiger partial charge on any atom is -0.376 e. The Kier molecular flexibility index (Phi) is 5.04. The second kappa shape index (κ2) is 7.20. The Hall–Kier alpha value is -1.77. The first kappa shape index (κ1) is 16.1. The van der Waals surface area contributed by atoms with Gasteiger partial charge in [0.05, 0.1) is 18.9 Å². The van der Waals surface area contributed by atoms with Gasteiger partial charge < -0.3 is 10.1 Å². The molecule has 6 nitrogen and oxygen atoms in total. The number of fused-ring (bicyclic) bond motifs is 1. The Labute approximate surface area is 145 Å². The van der Waals surface area contributed by atoms with Gasteiger partial charge in [-0.25, -0.2) is 4.98 Å². The SMILES string of the molecule is CC(=O)Nc1c(CCOCc2ccccc2)nc2sc(Br)nn12. The van der Waals surface area contributed by atoms with Crippen LogP contribution in [0.15, 0.2) is 34.2 Å². The molecule has 0 unspecified atom stereocenters. The molecule has 0 aliphatic heterocycles. The zero-order chi connectivity index (χ0) is 16.2. The van der Waals surface area contributed by atoms with Crippen molar-refractivity contribution < 1.29 is 9.53 Å². The average Bonchev–Trinajstić information content (AvgIpc) is 3.02. The summed E-state index contributed by atoms with van der Waals surface area (Å²) in [5.41, 5.74) is 1.91. The first-order valence-electron chi connectivity index (χ1n) is 7.06. The van der Waals surface area contributed by atoms with Crippen LogP contribution in [0, 0.1) is 0 Å². The van der Waals surface area contributed by atoms with E-state index in [1.807, 2.05) is 30.3 Å². The molecular weight excluding hydrogens is 380 g/mol. The van der Waals surface area contributed by atoms with Crippen molar-refractivity contribution in [2.24, 2.45) is 0 Å². The summed E-state index contributed by atoms with van der Waals surface area (Å²) in [6.45, 7) is 2.55. The predicted molar refractivity (Wildman–Crippen MR) is 92.7 cm³/mol. The van der Waals surface area contributed by atoms with Crippen LogP contribution in [0.4, 0.5) is 5.82 Å². The number of carbonyl (C=O) groups is 1. The van der Waals surface area contributed by atoms with Crippen LogP contribution in [-0.4, -0.2) is 27.1 Å². The van der Waals surface area contributed by atoms with Crippen LogP contribution in [-0.2, 0) is 22.6 Å². The molecule has 2 aromatic heterocycles. The number of anilines is 1. The summed E-state index contributed by atoms with van der Waals surface area (Å²) in [6, 6.07) is 10.0. The number of amides is 1. The highest BCUT2D eigenvalue weighted by molar-refractivity contribution is 9.11. The van der Waals surface area contributed by atoms with Gasteiger partial charge in [-0.2, -0.15) is 4.52 Å². The third-order valence-corrected chi connectivity index (χ3v) is 4.48. The van der Waals surface area contributed by atoms with E-state index in [-0.39, 0.29) is 5.91 Å². The molecule has 0 aliphatic carbocycles. The van der Waals surface area contributed by atoms with E-state index in [1.54, 1.807) is 4.52 Å². The fraction of sp³-hybridized carbons (Fsp3) is 0.267. The van der Waals surface area contributed by atoms with Crippen molar-refractivity contribution in [3.8, 4) is 0 Å². The normalized spacial score (nSPS) is 11.0. The zero-order valence-corrected chi connectivity index (χ0v) is 14.9. The largest absolute Gasteiger partial charge is 0.376 e. The third kappa shape index (κ3) is 3.95. The highest BCUT2D eigenvalue weighted by atomic mass is 79.9. The summed E-state index contributed by atoms with van der Waals surface area (Å²) in [4.78, 5) is 16.7. The highest BCUT2D eigenvalue weighted by Crippen LogP contribution is 2.26. The van der Waals surface area contributed by atoms with Crippen molar-refractivity contribution in [3.63, 3.8) is 0 Å². The molecular formula is C15H15BrN4O2S. The van der Waals surface area contributed by atoms with Gasteiger partial charge in [0.25, 0.3) is 0 Å². The Bertz CT molecular complexity index is 816. The van der Waals surface area contributed by atoms with Crippen molar-refractivity contribution >= 4 is 44.0 Å². The monoisotopic (exact) mass is 394 g/mol. The number of ether oxygens (including phenoxy) is 1. The minimum absolute atomic E-state index is 0.151. The number of carbonyl (C=O) groups excluding carboxylic acids is 1. The maximum atomic E-state index is 11.4. The molecule has 120 valence electrons. The van der Waals surface area contributed by atoms with E-state index in [0.29, 0.717) is 25.5 Å². The maximum Gasteiger partial charge on any atom is 0.222 e. The van der Waals surface area contributed by atoms with Crippen LogP contribution in [0.1, 0.15) is 18.2 Å². The molecule has 8 heteroatoms.